The molecule has 0 bridgehead atoms. The minimum absolute atomic E-state index is 0.267. The number of aromatic nitrogens is 2. The van der Waals surface area contributed by atoms with Crippen LogP contribution in [0.1, 0.15) is 32.1 Å². The van der Waals surface area contributed by atoms with Crippen LogP contribution < -0.4 is 10.6 Å². The molecule has 1 aliphatic heterocycles. The zero-order valence-electron chi connectivity index (χ0n) is 10.5. The molecular weight excluding hydrogens is 248 g/mol. The number of nitrogens with two attached hydrogens (primary N) is 1. The first kappa shape index (κ1) is 12.0. The van der Waals surface area contributed by atoms with Gasteiger partial charge in [-0.2, -0.15) is 4.98 Å². The maximum absolute atomic E-state index is 5.95. The lowest BCUT2D eigenvalue weighted by Gasteiger charge is -2.41. The zero-order valence-corrected chi connectivity index (χ0v) is 11.2. The number of piperidine rings is 1. The molecule has 1 aliphatic carbocycles. The third-order valence-electron chi connectivity index (χ3n) is 4.31. The normalized spacial score (nSPS) is 27.9. The van der Waals surface area contributed by atoms with Crippen LogP contribution in [0.2, 0.25) is 5.15 Å². The van der Waals surface area contributed by atoms with Crippen LogP contribution in [0.3, 0.4) is 0 Å². The highest BCUT2D eigenvalue weighted by atomic mass is 35.5. The summed E-state index contributed by atoms with van der Waals surface area (Å²) in [5.41, 5.74) is 5.66. The predicted molar refractivity (Wildman–Crippen MR) is 73.7 cm³/mol. The van der Waals surface area contributed by atoms with Gasteiger partial charge in [0.05, 0.1) is 0 Å². The van der Waals surface area contributed by atoms with Crippen LogP contribution in [0.25, 0.3) is 0 Å². The Bertz CT molecular complexity index is 417. The van der Waals surface area contributed by atoms with Crippen molar-refractivity contribution in [3.05, 3.63) is 11.2 Å². The summed E-state index contributed by atoms with van der Waals surface area (Å²) in [5.74, 6) is 2.90. The van der Waals surface area contributed by atoms with E-state index in [-0.39, 0.29) is 5.95 Å². The summed E-state index contributed by atoms with van der Waals surface area (Å²) in [4.78, 5) is 10.5. The molecule has 2 heterocycles. The lowest BCUT2D eigenvalue weighted by atomic mass is 9.75. The topological polar surface area (TPSA) is 55.0 Å². The molecule has 0 spiro atoms. The Morgan fingerprint density at radius 2 is 1.94 bits per heavy atom. The van der Waals surface area contributed by atoms with Crippen molar-refractivity contribution < 1.29 is 0 Å². The fraction of sp³-hybridized carbons (Fsp3) is 0.692. The lowest BCUT2D eigenvalue weighted by molar-refractivity contribution is 0.202. The van der Waals surface area contributed by atoms with E-state index in [2.05, 4.69) is 14.9 Å². The molecule has 0 aromatic carbocycles. The molecule has 1 saturated carbocycles. The molecule has 1 saturated heterocycles. The molecule has 5 heteroatoms. The van der Waals surface area contributed by atoms with Crippen LogP contribution in [-0.2, 0) is 0 Å². The van der Waals surface area contributed by atoms with Crippen molar-refractivity contribution >= 4 is 23.4 Å². The van der Waals surface area contributed by atoms with Crippen molar-refractivity contribution in [1.29, 1.82) is 0 Å². The number of halogens is 1. The van der Waals surface area contributed by atoms with E-state index in [0.29, 0.717) is 5.15 Å². The summed E-state index contributed by atoms with van der Waals surface area (Å²) < 4.78 is 0. The van der Waals surface area contributed by atoms with Gasteiger partial charge in [-0.25, -0.2) is 4.98 Å². The number of fused-ring (bicyclic) bond motifs is 1. The Labute approximate surface area is 113 Å². The molecule has 1 aromatic rings. The summed E-state index contributed by atoms with van der Waals surface area (Å²) in [6.07, 6.45) is 6.82. The van der Waals surface area contributed by atoms with E-state index in [1.165, 1.54) is 32.1 Å². The van der Waals surface area contributed by atoms with Crippen LogP contribution in [0, 0.1) is 11.8 Å². The van der Waals surface area contributed by atoms with E-state index >= 15 is 0 Å². The maximum Gasteiger partial charge on any atom is 0.223 e. The fourth-order valence-corrected chi connectivity index (χ4v) is 3.58. The Morgan fingerprint density at radius 3 is 2.72 bits per heavy atom. The van der Waals surface area contributed by atoms with Crippen molar-refractivity contribution in [2.45, 2.75) is 32.1 Å². The molecule has 0 radical (unpaired) electrons. The first-order valence-electron chi connectivity index (χ1n) is 6.77. The average molecular weight is 267 g/mol. The number of anilines is 2. The van der Waals surface area contributed by atoms with E-state index in [1.807, 2.05) is 6.07 Å². The lowest BCUT2D eigenvalue weighted by Crippen LogP contribution is -2.42. The average Bonchev–Trinajstić information content (AvgIpc) is 2.37. The Hall–Kier alpha value is -1.03. The smallest absolute Gasteiger partial charge is 0.223 e. The van der Waals surface area contributed by atoms with Crippen molar-refractivity contribution in [2.24, 2.45) is 11.8 Å². The summed E-state index contributed by atoms with van der Waals surface area (Å²) >= 11 is 5.95. The minimum atomic E-state index is 0.267. The number of nitrogens with zero attached hydrogens (tertiary/aromatic N) is 3. The first-order valence-corrected chi connectivity index (χ1v) is 7.15. The van der Waals surface area contributed by atoms with E-state index in [9.17, 15) is 0 Å². The van der Waals surface area contributed by atoms with Crippen molar-refractivity contribution in [3.63, 3.8) is 0 Å². The second kappa shape index (κ2) is 4.92. The fourth-order valence-electron chi connectivity index (χ4n) is 3.39. The largest absolute Gasteiger partial charge is 0.368 e. The van der Waals surface area contributed by atoms with E-state index < -0.39 is 0 Å². The van der Waals surface area contributed by atoms with Crippen LogP contribution in [0.15, 0.2) is 6.07 Å². The molecule has 2 atom stereocenters. The molecule has 1 aromatic heterocycles. The van der Waals surface area contributed by atoms with Crippen molar-refractivity contribution in [2.75, 3.05) is 23.7 Å². The van der Waals surface area contributed by atoms with Gasteiger partial charge in [-0.1, -0.05) is 30.9 Å². The number of hydrogen-bond acceptors (Lipinski definition) is 4. The molecule has 3 rings (SSSR count). The molecule has 98 valence electrons. The highest BCUT2D eigenvalue weighted by molar-refractivity contribution is 6.29. The van der Waals surface area contributed by atoms with Crippen LogP contribution in [0.4, 0.5) is 11.8 Å². The van der Waals surface area contributed by atoms with Crippen molar-refractivity contribution in [1.82, 2.24) is 9.97 Å². The SMILES string of the molecule is Nc1nc(Cl)cc(N2CCC3CCCCC3C2)n1. The van der Waals surface area contributed by atoms with Gasteiger partial charge in [0.2, 0.25) is 5.95 Å². The summed E-state index contributed by atoms with van der Waals surface area (Å²) in [6.45, 7) is 2.16. The second-order valence-corrected chi connectivity index (χ2v) is 5.83. The number of hydrogen-bond donors (Lipinski definition) is 1. The van der Waals surface area contributed by atoms with Crippen LogP contribution in [0.5, 0.6) is 0 Å². The molecule has 2 fully saturated rings. The van der Waals surface area contributed by atoms with Gasteiger partial charge in [0.1, 0.15) is 11.0 Å². The highest BCUT2D eigenvalue weighted by Crippen LogP contribution is 2.37. The van der Waals surface area contributed by atoms with Gasteiger partial charge in [0.25, 0.3) is 0 Å². The van der Waals surface area contributed by atoms with E-state index in [1.54, 1.807) is 0 Å². The molecule has 2 N–H and O–H groups in total. The van der Waals surface area contributed by atoms with Crippen LogP contribution in [-0.4, -0.2) is 23.1 Å². The molecule has 2 unspecified atom stereocenters. The Morgan fingerprint density at radius 1 is 1.17 bits per heavy atom. The summed E-state index contributed by atoms with van der Waals surface area (Å²) in [6, 6.07) is 1.82. The second-order valence-electron chi connectivity index (χ2n) is 5.45. The third-order valence-corrected chi connectivity index (χ3v) is 4.51. The van der Waals surface area contributed by atoms with Gasteiger partial charge < -0.3 is 10.6 Å². The first-order chi connectivity index (χ1) is 8.72. The zero-order chi connectivity index (χ0) is 12.5. The quantitative estimate of drug-likeness (QED) is 0.794. The van der Waals surface area contributed by atoms with Gasteiger partial charge in [-0.05, 0) is 24.7 Å². The monoisotopic (exact) mass is 266 g/mol. The standard InChI is InChI=1S/C13H19ClN4/c14-11-7-12(17-13(15)16-11)18-6-5-9-3-1-2-4-10(9)8-18/h7,9-10H,1-6,8H2,(H2,15,16,17). The Balaban J connectivity index is 1.76. The number of rotatable bonds is 1. The summed E-state index contributed by atoms with van der Waals surface area (Å²) in [5, 5.41) is 0.434. The molecule has 2 aliphatic rings. The van der Waals surface area contributed by atoms with Gasteiger partial charge in [-0.15, -0.1) is 0 Å². The summed E-state index contributed by atoms with van der Waals surface area (Å²) in [7, 11) is 0. The van der Waals surface area contributed by atoms with Crippen LogP contribution >= 0.6 is 11.6 Å². The number of nitrogen functional groups attached to an aromatic ring is 1. The Kier molecular flexibility index (Phi) is 3.29. The van der Waals surface area contributed by atoms with Gasteiger partial charge in [0, 0.05) is 19.2 Å². The highest BCUT2D eigenvalue weighted by Gasteiger charge is 2.31. The van der Waals surface area contributed by atoms with Gasteiger partial charge in [-0.3, -0.25) is 0 Å². The maximum atomic E-state index is 5.95. The van der Waals surface area contributed by atoms with Gasteiger partial charge >= 0.3 is 0 Å². The van der Waals surface area contributed by atoms with Crippen molar-refractivity contribution in [3.8, 4) is 0 Å². The molecule has 0 amide bonds. The third kappa shape index (κ3) is 2.39. The minimum Gasteiger partial charge on any atom is -0.368 e. The van der Waals surface area contributed by atoms with Gasteiger partial charge in [0.15, 0.2) is 0 Å². The molecule has 18 heavy (non-hydrogen) atoms. The molecule has 4 nitrogen and oxygen atoms in total. The molecular formula is C13H19ClN4. The van der Waals surface area contributed by atoms with E-state index in [4.69, 9.17) is 17.3 Å². The van der Waals surface area contributed by atoms with E-state index in [0.717, 1.165) is 30.7 Å². The predicted octanol–water partition coefficient (Wildman–Crippen LogP) is 2.73.